The summed E-state index contributed by atoms with van der Waals surface area (Å²) >= 11 is 1.35. The molecule has 0 N–H and O–H groups in total. The summed E-state index contributed by atoms with van der Waals surface area (Å²) < 4.78 is 27.5. The average Bonchev–Trinajstić information content (AvgIpc) is 3.17. The second-order valence-corrected chi connectivity index (χ2v) is 8.99. The van der Waals surface area contributed by atoms with Gasteiger partial charge in [-0.2, -0.15) is 0 Å². The van der Waals surface area contributed by atoms with Gasteiger partial charge in [-0.1, -0.05) is 11.8 Å². The molecule has 1 aromatic carbocycles. The highest BCUT2D eigenvalue weighted by molar-refractivity contribution is 7.99. The molecule has 134 valence electrons. The molecule has 25 heavy (non-hydrogen) atoms. The van der Waals surface area contributed by atoms with Crippen LogP contribution in [0, 0.1) is 6.92 Å². The number of nitrogens with zero attached hydrogens (tertiary/aromatic N) is 4. The number of thioether (sulfide) groups is 1. The van der Waals surface area contributed by atoms with Crippen LogP contribution in [0.25, 0.3) is 0 Å². The van der Waals surface area contributed by atoms with Crippen LogP contribution in [0.5, 0.6) is 0 Å². The largest absolute Gasteiger partial charge is 0.309 e. The third kappa shape index (κ3) is 3.43. The Morgan fingerprint density at radius 2 is 2.08 bits per heavy atom. The van der Waals surface area contributed by atoms with E-state index in [0.29, 0.717) is 29.4 Å². The molecule has 0 bridgehead atoms. The molecule has 0 unspecified atom stereocenters. The Kier molecular flexibility index (Phi) is 4.88. The molecule has 0 spiro atoms. The van der Waals surface area contributed by atoms with Gasteiger partial charge in [0, 0.05) is 19.2 Å². The van der Waals surface area contributed by atoms with Crippen LogP contribution in [-0.4, -0.2) is 47.0 Å². The zero-order chi connectivity index (χ0) is 18.2. The first-order chi connectivity index (χ1) is 11.8. The number of carbonyl (C=O) groups is 1. The van der Waals surface area contributed by atoms with E-state index in [9.17, 15) is 13.2 Å². The molecule has 1 aliphatic heterocycles. The summed E-state index contributed by atoms with van der Waals surface area (Å²) in [6.07, 6.45) is 0.630. The SMILES string of the molecule is CCS(=O)(=O)N1CCc2cc(C(=O)CSc3nnc(C)n3C)ccc21. The van der Waals surface area contributed by atoms with Crippen molar-refractivity contribution in [2.45, 2.75) is 25.4 Å². The number of fused-ring (bicyclic) bond motifs is 1. The number of Topliss-reactive ketones (excluding diaryl/α,β-unsaturated/α-hetero) is 1. The number of hydrogen-bond acceptors (Lipinski definition) is 6. The van der Waals surface area contributed by atoms with Gasteiger partial charge in [-0.3, -0.25) is 9.10 Å². The maximum Gasteiger partial charge on any atom is 0.234 e. The summed E-state index contributed by atoms with van der Waals surface area (Å²) in [5.41, 5.74) is 2.19. The van der Waals surface area contributed by atoms with E-state index in [1.807, 2.05) is 24.6 Å². The van der Waals surface area contributed by atoms with Gasteiger partial charge in [-0.05, 0) is 44.0 Å². The van der Waals surface area contributed by atoms with Crippen molar-refractivity contribution in [3.63, 3.8) is 0 Å². The average molecular weight is 380 g/mol. The lowest BCUT2D eigenvalue weighted by molar-refractivity contribution is 0.102. The molecule has 0 saturated carbocycles. The first-order valence-electron chi connectivity index (χ1n) is 7.99. The number of ketones is 1. The van der Waals surface area contributed by atoms with Gasteiger partial charge in [0.05, 0.1) is 17.2 Å². The monoisotopic (exact) mass is 380 g/mol. The van der Waals surface area contributed by atoms with Crippen molar-refractivity contribution < 1.29 is 13.2 Å². The molecule has 2 heterocycles. The van der Waals surface area contributed by atoms with Crippen LogP contribution in [0.4, 0.5) is 5.69 Å². The van der Waals surface area contributed by atoms with E-state index >= 15 is 0 Å². The van der Waals surface area contributed by atoms with Crippen molar-refractivity contribution in [1.82, 2.24) is 14.8 Å². The molecule has 3 rings (SSSR count). The summed E-state index contributed by atoms with van der Waals surface area (Å²) in [5.74, 6) is 1.12. The van der Waals surface area contributed by atoms with E-state index in [2.05, 4.69) is 10.2 Å². The van der Waals surface area contributed by atoms with Gasteiger partial charge in [0.15, 0.2) is 10.9 Å². The van der Waals surface area contributed by atoms with Crippen LogP contribution in [0.2, 0.25) is 0 Å². The lowest BCUT2D eigenvalue weighted by atomic mass is 10.1. The number of hydrogen-bond donors (Lipinski definition) is 0. The number of carbonyl (C=O) groups excluding carboxylic acids is 1. The summed E-state index contributed by atoms with van der Waals surface area (Å²) in [7, 11) is -1.41. The summed E-state index contributed by atoms with van der Waals surface area (Å²) in [4.78, 5) is 12.5. The number of aryl methyl sites for hydroxylation is 1. The van der Waals surface area contributed by atoms with E-state index in [-0.39, 0.29) is 17.3 Å². The van der Waals surface area contributed by atoms with Crippen LogP contribution in [0.15, 0.2) is 23.4 Å². The Balaban J connectivity index is 1.74. The van der Waals surface area contributed by atoms with E-state index < -0.39 is 10.0 Å². The summed E-state index contributed by atoms with van der Waals surface area (Å²) in [6.45, 7) is 3.93. The first-order valence-corrected chi connectivity index (χ1v) is 10.6. The minimum absolute atomic E-state index is 0.00903. The van der Waals surface area contributed by atoms with Crippen molar-refractivity contribution in [3.05, 3.63) is 35.2 Å². The van der Waals surface area contributed by atoms with Crippen LogP contribution in [0.1, 0.15) is 28.7 Å². The quantitative estimate of drug-likeness (QED) is 0.561. The van der Waals surface area contributed by atoms with E-state index in [1.54, 1.807) is 19.1 Å². The van der Waals surface area contributed by atoms with E-state index in [0.717, 1.165) is 11.4 Å². The van der Waals surface area contributed by atoms with Gasteiger partial charge in [0.2, 0.25) is 10.0 Å². The maximum absolute atomic E-state index is 12.5. The zero-order valence-electron chi connectivity index (χ0n) is 14.4. The standard InChI is InChI=1S/C16H20N4O3S2/c1-4-25(22,23)20-8-7-12-9-13(5-6-14(12)20)15(21)10-24-16-18-17-11(2)19(16)3/h5-6,9H,4,7-8,10H2,1-3H3. The molecule has 0 saturated heterocycles. The van der Waals surface area contributed by atoms with Crippen molar-refractivity contribution in [2.75, 3.05) is 22.4 Å². The third-order valence-corrected chi connectivity index (χ3v) is 7.14. The second kappa shape index (κ2) is 6.80. The van der Waals surface area contributed by atoms with E-state index in [1.165, 1.54) is 16.1 Å². The highest BCUT2D eigenvalue weighted by Gasteiger charge is 2.28. The molecular weight excluding hydrogens is 360 g/mol. The number of anilines is 1. The number of benzene rings is 1. The predicted octanol–water partition coefficient (Wildman–Crippen LogP) is 1.81. The molecule has 0 amide bonds. The minimum Gasteiger partial charge on any atom is -0.309 e. The minimum atomic E-state index is -3.27. The number of rotatable bonds is 6. The van der Waals surface area contributed by atoms with Crippen molar-refractivity contribution in [1.29, 1.82) is 0 Å². The lowest BCUT2D eigenvalue weighted by Gasteiger charge is -2.18. The number of sulfonamides is 1. The zero-order valence-corrected chi connectivity index (χ0v) is 16.0. The maximum atomic E-state index is 12.5. The smallest absolute Gasteiger partial charge is 0.234 e. The van der Waals surface area contributed by atoms with Crippen molar-refractivity contribution in [3.8, 4) is 0 Å². The first kappa shape index (κ1) is 17.9. The Labute approximate surface area is 151 Å². The molecule has 2 aromatic rings. The van der Waals surface area contributed by atoms with Crippen LogP contribution in [0.3, 0.4) is 0 Å². The molecule has 1 aromatic heterocycles. The Hall–Kier alpha value is -1.87. The van der Waals surface area contributed by atoms with Gasteiger partial charge in [-0.15, -0.1) is 10.2 Å². The Morgan fingerprint density at radius 1 is 1.32 bits per heavy atom. The molecule has 9 heteroatoms. The molecule has 1 aliphatic rings. The Bertz CT molecular complexity index is 921. The molecule has 0 aliphatic carbocycles. The fourth-order valence-electron chi connectivity index (χ4n) is 2.72. The lowest BCUT2D eigenvalue weighted by Crippen LogP contribution is -2.30. The van der Waals surface area contributed by atoms with Gasteiger partial charge in [0.25, 0.3) is 0 Å². The Morgan fingerprint density at radius 3 is 2.72 bits per heavy atom. The van der Waals surface area contributed by atoms with Crippen molar-refractivity contribution in [2.24, 2.45) is 7.05 Å². The highest BCUT2D eigenvalue weighted by Crippen LogP contribution is 2.31. The fraction of sp³-hybridized carbons (Fsp3) is 0.438. The van der Waals surface area contributed by atoms with Gasteiger partial charge < -0.3 is 4.57 Å². The summed E-state index contributed by atoms with van der Waals surface area (Å²) in [5, 5.41) is 8.71. The fourth-order valence-corrected chi connectivity index (χ4v) is 4.73. The van der Waals surface area contributed by atoms with Crippen LogP contribution in [-0.2, 0) is 23.5 Å². The van der Waals surface area contributed by atoms with Gasteiger partial charge in [0.1, 0.15) is 5.82 Å². The van der Waals surface area contributed by atoms with Crippen LogP contribution < -0.4 is 4.31 Å². The summed E-state index contributed by atoms with van der Waals surface area (Å²) in [6, 6.07) is 5.25. The highest BCUT2D eigenvalue weighted by atomic mass is 32.2. The van der Waals surface area contributed by atoms with E-state index in [4.69, 9.17) is 0 Å². The van der Waals surface area contributed by atoms with Gasteiger partial charge in [-0.25, -0.2) is 8.42 Å². The predicted molar refractivity (Wildman–Crippen MR) is 97.7 cm³/mol. The molecule has 0 radical (unpaired) electrons. The van der Waals surface area contributed by atoms with Crippen LogP contribution >= 0.6 is 11.8 Å². The van der Waals surface area contributed by atoms with Gasteiger partial charge >= 0.3 is 0 Å². The van der Waals surface area contributed by atoms with Crippen molar-refractivity contribution >= 4 is 33.3 Å². The molecule has 0 fully saturated rings. The second-order valence-electron chi connectivity index (χ2n) is 5.87. The molecular formula is C16H20N4O3S2. The molecule has 0 atom stereocenters. The number of aromatic nitrogens is 3. The molecule has 7 nitrogen and oxygen atoms in total. The topological polar surface area (TPSA) is 85.2 Å². The third-order valence-electron chi connectivity index (χ3n) is 4.34. The normalized spacial score (nSPS) is 14.0.